The number of H-pyrrole nitrogens is 1. The Morgan fingerprint density at radius 1 is 1.14 bits per heavy atom. The van der Waals surface area contributed by atoms with Gasteiger partial charge in [0.25, 0.3) is 0 Å². The van der Waals surface area contributed by atoms with Gasteiger partial charge in [-0.2, -0.15) is 0 Å². The number of hydrogen-bond donors (Lipinski definition) is 2. The second-order valence-corrected chi connectivity index (χ2v) is 10.8. The molecule has 2 saturated heterocycles. The number of amides is 2. The molecule has 0 unspecified atom stereocenters. The van der Waals surface area contributed by atoms with Gasteiger partial charge in [0.15, 0.2) is 0 Å². The molecule has 1 aromatic carbocycles. The van der Waals surface area contributed by atoms with E-state index in [9.17, 15) is 14.7 Å². The number of piperidine rings is 1. The smallest absolute Gasteiger partial charge is 0.242 e. The first-order chi connectivity index (χ1) is 17.2. The number of pyridine rings is 1. The molecule has 0 saturated carbocycles. The summed E-state index contributed by atoms with van der Waals surface area (Å²) >= 11 is 0. The standard InChI is InChI=1S/C29H36N4O3/c1-17(2)28-24-13-21(5-6-25(24)31-29(28)22-11-18(3)30-19(4)12-22)20-7-9-32(10-8-20)27(36)16-33-15-23(34)14-26(33)35/h5-6,11-13,17,20,23,31,34H,7-10,14-16H2,1-4H3/t23-/m0/s1. The Morgan fingerprint density at radius 3 is 2.44 bits per heavy atom. The van der Waals surface area contributed by atoms with E-state index in [-0.39, 0.29) is 31.3 Å². The second-order valence-electron chi connectivity index (χ2n) is 10.8. The van der Waals surface area contributed by atoms with E-state index in [1.165, 1.54) is 32.7 Å². The van der Waals surface area contributed by atoms with Gasteiger partial charge in [0.2, 0.25) is 11.8 Å². The molecule has 36 heavy (non-hydrogen) atoms. The highest BCUT2D eigenvalue weighted by atomic mass is 16.3. The Kier molecular flexibility index (Phi) is 6.60. The molecule has 3 aromatic rings. The van der Waals surface area contributed by atoms with Crippen LogP contribution in [0.25, 0.3) is 22.2 Å². The summed E-state index contributed by atoms with van der Waals surface area (Å²) in [5, 5.41) is 11.0. The predicted octanol–water partition coefficient (Wildman–Crippen LogP) is 4.27. The number of nitrogens with zero attached hydrogens (tertiary/aromatic N) is 3. The van der Waals surface area contributed by atoms with Crippen LogP contribution in [0.3, 0.4) is 0 Å². The Labute approximate surface area is 212 Å². The molecule has 2 amide bonds. The maximum atomic E-state index is 12.8. The van der Waals surface area contributed by atoms with E-state index in [1.807, 2.05) is 18.7 Å². The molecule has 5 rings (SSSR count). The number of fused-ring (bicyclic) bond motifs is 1. The molecular formula is C29H36N4O3. The molecule has 0 bridgehead atoms. The summed E-state index contributed by atoms with van der Waals surface area (Å²) in [5.41, 5.74) is 8.19. The summed E-state index contributed by atoms with van der Waals surface area (Å²) in [6.45, 7) is 10.3. The summed E-state index contributed by atoms with van der Waals surface area (Å²) in [6, 6.07) is 11.1. The maximum absolute atomic E-state index is 12.8. The Balaban J connectivity index is 1.34. The molecule has 190 valence electrons. The number of β-amino-alcohol motifs (C(OH)–C–C–N with tert-alkyl or cyclic N) is 1. The summed E-state index contributed by atoms with van der Waals surface area (Å²) < 4.78 is 0. The molecule has 7 nitrogen and oxygen atoms in total. The summed E-state index contributed by atoms with van der Waals surface area (Å²) in [4.78, 5) is 36.3. The van der Waals surface area contributed by atoms with E-state index >= 15 is 0 Å². The van der Waals surface area contributed by atoms with Crippen molar-refractivity contribution in [2.45, 2.75) is 64.9 Å². The lowest BCUT2D eigenvalue weighted by Crippen LogP contribution is -2.44. The minimum Gasteiger partial charge on any atom is -0.391 e. The van der Waals surface area contributed by atoms with Gasteiger partial charge in [-0.05, 0) is 73.9 Å². The largest absolute Gasteiger partial charge is 0.391 e. The van der Waals surface area contributed by atoms with Gasteiger partial charge in [-0.1, -0.05) is 19.9 Å². The number of likely N-dealkylation sites (tertiary alicyclic amines) is 2. The van der Waals surface area contributed by atoms with Crippen LogP contribution in [-0.2, 0) is 9.59 Å². The number of aromatic amines is 1. The zero-order valence-electron chi connectivity index (χ0n) is 21.7. The van der Waals surface area contributed by atoms with Crippen LogP contribution in [0.1, 0.15) is 67.5 Å². The fourth-order valence-electron chi connectivity index (χ4n) is 5.92. The van der Waals surface area contributed by atoms with Crippen LogP contribution in [0, 0.1) is 13.8 Å². The van der Waals surface area contributed by atoms with E-state index in [2.05, 4.69) is 54.1 Å². The SMILES string of the molecule is Cc1cc(-c2[nH]c3ccc(C4CCN(C(=O)CN5C[C@@H](O)CC5=O)CC4)cc3c2C(C)C)cc(C)n1. The molecule has 1 atom stereocenters. The number of aliphatic hydroxyl groups excluding tert-OH is 1. The third-order valence-corrected chi connectivity index (χ3v) is 7.65. The number of hydrogen-bond acceptors (Lipinski definition) is 4. The molecular weight excluding hydrogens is 452 g/mol. The topological polar surface area (TPSA) is 89.5 Å². The Bertz CT molecular complexity index is 1280. The summed E-state index contributed by atoms with van der Waals surface area (Å²) in [7, 11) is 0. The lowest BCUT2D eigenvalue weighted by atomic mass is 9.87. The first-order valence-electron chi connectivity index (χ1n) is 13.0. The number of aliphatic hydroxyl groups is 1. The Morgan fingerprint density at radius 2 is 1.83 bits per heavy atom. The fraction of sp³-hybridized carbons (Fsp3) is 0.483. The second kappa shape index (κ2) is 9.69. The van der Waals surface area contributed by atoms with Crippen molar-refractivity contribution >= 4 is 22.7 Å². The number of aryl methyl sites for hydroxylation is 2. The van der Waals surface area contributed by atoms with Crippen LogP contribution in [0.15, 0.2) is 30.3 Å². The Hall–Kier alpha value is -3.19. The molecule has 0 aliphatic carbocycles. The van der Waals surface area contributed by atoms with Gasteiger partial charge in [0, 0.05) is 47.5 Å². The third kappa shape index (κ3) is 4.76. The molecule has 0 radical (unpaired) electrons. The molecule has 4 heterocycles. The fourth-order valence-corrected chi connectivity index (χ4v) is 5.92. The number of nitrogens with one attached hydrogen (secondary N) is 1. The third-order valence-electron chi connectivity index (χ3n) is 7.65. The molecule has 2 N–H and O–H groups in total. The maximum Gasteiger partial charge on any atom is 0.242 e. The number of rotatable bonds is 5. The number of aromatic nitrogens is 2. The molecule has 2 fully saturated rings. The highest BCUT2D eigenvalue weighted by molar-refractivity contribution is 5.92. The lowest BCUT2D eigenvalue weighted by molar-refractivity contribution is -0.139. The molecule has 2 aliphatic heterocycles. The molecule has 7 heteroatoms. The predicted molar refractivity (Wildman–Crippen MR) is 141 cm³/mol. The highest BCUT2D eigenvalue weighted by Crippen LogP contribution is 2.38. The number of carbonyl (C=O) groups is 2. The van der Waals surface area contributed by atoms with Gasteiger partial charge < -0.3 is 19.9 Å². The van der Waals surface area contributed by atoms with E-state index in [0.717, 1.165) is 29.7 Å². The van der Waals surface area contributed by atoms with Crippen molar-refractivity contribution in [2.75, 3.05) is 26.2 Å². The minimum absolute atomic E-state index is 0.0216. The molecule has 2 aliphatic rings. The normalized spacial score (nSPS) is 19.2. The zero-order valence-corrected chi connectivity index (χ0v) is 21.7. The van der Waals surface area contributed by atoms with E-state index in [1.54, 1.807) is 0 Å². The highest BCUT2D eigenvalue weighted by Gasteiger charge is 2.32. The van der Waals surface area contributed by atoms with Crippen molar-refractivity contribution in [1.29, 1.82) is 0 Å². The van der Waals surface area contributed by atoms with Crippen molar-refractivity contribution in [2.24, 2.45) is 0 Å². The monoisotopic (exact) mass is 488 g/mol. The van der Waals surface area contributed by atoms with Gasteiger partial charge >= 0.3 is 0 Å². The first kappa shape index (κ1) is 24.5. The molecule has 2 aromatic heterocycles. The van der Waals surface area contributed by atoms with Crippen LogP contribution in [0.4, 0.5) is 0 Å². The molecule has 0 spiro atoms. The van der Waals surface area contributed by atoms with Crippen molar-refractivity contribution in [3.8, 4) is 11.3 Å². The van der Waals surface area contributed by atoms with Crippen LogP contribution < -0.4 is 0 Å². The average molecular weight is 489 g/mol. The van der Waals surface area contributed by atoms with Crippen LogP contribution in [-0.4, -0.2) is 69.0 Å². The summed E-state index contributed by atoms with van der Waals surface area (Å²) in [6.07, 6.45) is 1.29. The van der Waals surface area contributed by atoms with E-state index < -0.39 is 6.10 Å². The van der Waals surface area contributed by atoms with Gasteiger partial charge in [0.05, 0.1) is 24.8 Å². The van der Waals surface area contributed by atoms with Gasteiger partial charge in [-0.3, -0.25) is 14.6 Å². The quantitative estimate of drug-likeness (QED) is 0.561. The van der Waals surface area contributed by atoms with Crippen molar-refractivity contribution < 1.29 is 14.7 Å². The number of benzene rings is 1. The van der Waals surface area contributed by atoms with Gasteiger partial charge in [0.1, 0.15) is 0 Å². The van der Waals surface area contributed by atoms with Crippen molar-refractivity contribution in [1.82, 2.24) is 19.8 Å². The summed E-state index contributed by atoms with van der Waals surface area (Å²) in [5.74, 6) is 0.608. The van der Waals surface area contributed by atoms with Gasteiger partial charge in [-0.25, -0.2) is 0 Å². The van der Waals surface area contributed by atoms with Crippen LogP contribution >= 0.6 is 0 Å². The zero-order chi connectivity index (χ0) is 25.6. The van der Waals surface area contributed by atoms with Gasteiger partial charge in [-0.15, -0.1) is 0 Å². The van der Waals surface area contributed by atoms with E-state index in [4.69, 9.17) is 0 Å². The first-order valence-corrected chi connectivity index (χ1v) is 13.0. The van der Waals surface area contributed by atoms with Crippen molar-refractivity contribution in [3.05, 3.63) is 52.8 Å². The van der Waals surface area contributed by atoms with Crippen LogP contribution in [0.5, 0.6) is 0 Å². The average Bonchev–Trinajstić information content (AvgIpc) is 3.37. The van der Waals surface area contributed by atoms with Crippen molar-refractivity contribution in [3.63, 3.8) is 0 Å². The number of carbonyl (C=O) groups excluding carboxylic acids is 2. The lowest BCUT2D eigenvalue weighted by Gasteiger charge is -2.33. The minimum atomic E-state index is -0.651. The van der Waals surface area contributed by atoms with Crippen LogP contribution in [0.2, 0.25) is 0 Å². The van der Waals surface area contributed by atoms with E-state index in [0.29, 0.717) is 24.9 Å².